The van der Waals surface area contributed by atoms with Crippen molar-refractivity contribution in [3.8, 4) is 0 Å². The van der Waals surface area contributed by atoms with Crippen LogP contribution in [-0.2, 0) is 4.74 Å². The molecule has 0 fully saturated rings. The van der Waals surface area contributed by atoms with E-state index in [2.05, 4.69) is 0 Å². The summed E-state index contributed by atoms with van der Waals surface area (Å²) in [7, 11) is 0. The van der Waals surface area contributed by atoms with E-state index in [0.717, 1.165) is 10.9 Å². The van der Waals surface area contributed by atoms with Crippen molar-refractivity contribution in [3.05, 3.63) is 93.7 Å². The summed E-state index contributed by atoms with van der Waals surface area (Å²) in [5.41, 5.74) is 2.10. The Hall–Kier alpha value is -4.00. The molecule has 29 heavy (non-hydrogen) atoms. The van der Waals surface area contributed by atoms with Crippen molar-refractivity contribution >= 4 is 33.9 Å². The van der Waals surface area contributed by atoms with Gasteiger partial charge in [-0.05, 0) is 42.6 Å². The molecule has 0 aliphatic carbocycles. The third-order valence-corrected chi connectivity index (χ3v) is 4.71. The second-order valence-corrected chi connectivity index (χ2v) is 6.41. The van der Waals surface area contributed by atoms with Crippen LogP contribution in [0.1, 0.15) is 33.3 Å². The van der Waals surface area contributed by atoms with Crippen molar-refractivity contribution in [1.29, 1.82) is 0 Å². The minimum absolute atomic E-state index is 0.0979. The number of fused-ring (bicyclic) bond motifs is 3. The highest BCUT2D eigenvalue weighted by atomic mass is 16.6. The summed E-state index contributed by atoms with van der Waals surface area (Å²) < 4.78 is 6.88. The lowest BCUT2D eigenvalue weighted by Crippen LogP contribution is -2.06. The van der Waals surface area contributed by atoms with E-state index in [-0.39, 0.29) is 23.8 Å². The number of nitrogens with zero attached hydrogens (tertiary/aromatic N) is 2. The number of benzene rings is 2. The van der Waals surface area contributed by atoms with E-state index in [4.69, 9.17) is 4.74 Å². The molecule has 2 aromatic heterocycles. The molecular weight excluding hydrogens is 372 g/mol. The first-order valence-corrected chi connectivity index (χ1v) is 9.00. The van der Waals surface area contributed by atoms with E-state index in [1.807, 2.05) is 30.3 Å². The number of nitro benzene ring substituents is 1. The van der Waals surface area contributed by atoms with E-state index >= 15 is 0 Å². The predicted molar refractivity (Wildman–Crippen MR) is 107 cm³/mol. The molecule has 0 amide bonds. The molecule has 4 rings (SSSR count). The quantitative estimate of drug-likeness (QED) is 0.219. The van der Waals surface area contributed by atoms with E-state index in [1.54, 1.807) is 17.4 Å². The average Bonchev–Trinajstić information content (AvgIpc) is 3.14. The van der Waals surface area contributed by atoms with Gasteiger partial charge in [-0.15, -0.1) is 0 Å². The zero-order valence-electron chi connectivity index (χ0n) is 15.5. The monoisotopic (exact) mass is 388 g/mol. The van der Waals surface area contributed by atoms with Crippen molar-refractivity contribution in [2.24, 2.45) is 0 Å². The van der Waals surface area contributed by atoms with Gasteiger partial charge >= 0.3 is 5.97 Å². The van der Waals surface area contributed by atoms with Gasteiger partial charge in [-0.2, -0.15) is 0 Å². The zero-order chi connectivity index (χ0) is 20.5. The normalized spacial score (nSPS) is 10.9. The van der Waals surface area contributed by atoms with Gasteiger partial charge in [0.1, 0.15) is 0 Å². The van der Waals surface area contributed by atoms with E-state index < -0.39 is 10.9 Å². The fourth-order valence-electron chi connectivity index (χ4n) is 3.37. The Labute approximate surface area is 165 Å². The summed E-state index contributed by atoms with van der Waals surface area (Å²) in [6, 6.07) is 18.1. The lowest BCUT2D eigenvalue weighted by molar-refractivity contribution is -0.384. The Morgan fingerprint density at radius 2 is 1.72 bits per heavy atom. The summed E-state index contributed by atoms with van der Waals surface area (Å²) in [5.74, 6) is -0.857. The van der Waals surface area contributed by atoms with Crippen LogP contribution in [0.25, 0.3) is 16.4 Å². The minimum atomic E-state index is -0.521. The molecule has 0 radical (unpaired) electrons. The maximum absolute atomic E-state index is 13.2. The first kappa shape index (κ1) is 18.4. The Balaban J connectivity index is 1.94. The second kappa shape index (κ2) is 7.20. The molecule has 0 aliphatic rings. The van der Waals surface area contributed by atoms with E-state index in [1.165, 1.54) is 30.3 Å². The average molecular weight is 388 g/mol. The Bertz CT molecular complexity index is 1270. The highest BCUT2D eigenvalue weighted by Crippen LogP contribution is 2.27. The number of nitro groups is 1. The highest BCUT2D eigenvalue weighted by molar-refractivity contribution is 6.12. The number of carbonyl (C=O) groups excluding carboxylic acids is 2. The molecule has 144 valence electrons. The maximum Gasteiger partial charge on any atom is 0.340 e. The summed E-state index contributed by atoms with van der Waals surface area (Å²) in [6.45, 7) is 1.93. The van der Waals surface area contributed by atoms with Crippen molar-refractivity contribution in [1.82, 2.24) is 4.40 Å². The third kappa shape index (κ3) is 3.12. The lowest BCUT2D eigenvalue weighted by atomic mass is 10.1. The van der Waals surface area contributed by atoms with Crippen molar-refractivity contribution in [2.45, 2.75) is 6.92 Å². The summed E-state index contributed by atoms with van der Waals surface area (Å²) >= 11 is 0. The zero-order valence-corrected chi connectivity index (χ0v) is 15.5. The molecule has 0 atom stereocenters. The standard InChI is InChI=1S/C22H16N2O5/c1-2-29-22(26)17-13-20(21(25)15-7-10-16(11-8-15)24(27)28)23-18-6-4-3-5-14(18)9-12-19(17)23/h3-13H,2H2,1H3. The summed E-state index contributed by atoms with van der Waals surface area (Å²) in [5, 5.41) is 11.8. The predicted octanol–water partition coefficient (Wildman–Crippen LogP) is 4.41. The number of ketones is 1. The molecule has 0 aliphatic heterocycles. The molecule has 7 heteroatoms. The molecule has 0 saturated carbocycles. The molecule has 0 N–H and O–H groups in total. The summed E-state index contributed by atoms with van der Waals surface area (Å²) in [6.07, 6.45) is 0. The van der Waals surface area contributed by atoms with Crippen LogP contribution in [0.2, 0.25) is 0 Å². The molecule has 4 aromatic rings. The molecule has 7 nitrogen and oxygen atoms in total. The number of rotatable bonds is 5. The third-order valence-electron chi connectivity index (χ3n) is 4.71. The fraction of sp³-hybridized carbons (Fsp3) is 0.0909. The van der Waals surface area contributed by atoms with Gasteiger partial charge in [-0.3, -0.25) is 14.9 Å². The highest BCUT2D eigenvalue weighted by Gasteiger charge is 2.23. The number of para-hydroxylation sites is 1. The molecule has 2 aromatic carbocycles. The number of hydrogen-bond acceptors (Lipinski definition) is 5. The minimum Gasteiger partial charge on any atom is -0.462 e. The van der Waals surface area contributed by atoms with Crippen molar-refractivity contribution < 1.29 is 19.2 Å². The molecule has 0 bridgehead atoms. The lowest BCUT2D eigenvalue weighted by Gasteiger charge is -2.07. The molecular formula is C22H16N2O5. The Morgan fingerprint density at radius 3 is 2.41 bits per heavy atom. The van der Waals surface area contributed by atoms with Gasteiger partial charge in [-0.25, -0.2) is 4.79 Å². The van der Waals surface area contributed by atoms with Crippen LogP contribution in [0, 0.1) is 10.1 Å². The summed E-state index contributed by atoms with van der Waals surface area (Å²) in [4.78, 5) is 36.1. The number of carbonyl (C=O) groups is 2. The van der Waals surface area contributed by atoms with Gasteiger partial charge in [0.15, 0.2) is 0 Å². The number of pyridine rings is 1. The van der Waals surface area contributed by atoms with Crippen LogP contribution in [0.15, 0.2) is 66.7 Å². The van der Waals surface area contributed by atoms with Crippen molar-refractivity contribution in [2.75, 3.05) is 6.61 Å². The fourth-order valence-corrected chi connectivity index (χ4v) is 3.37. The number of non-ortho nitro benzene ring substituents is 1. The van der Waals surface area contributed by atoms with Crippen LogP contribution in [-0.4, -0.2) is 27.7 Å². The van der Waals surface area contributed by atoms with Crippen LogP contribution in [0.3, 0.4) is 0 Å². The van der Waals surface area contributed by atoms with Crippen LogP contribution < -0.4 is 0 Å². The number of esters is 1. The van der Waals surface area contributed by atoms with Gasteiger partial charge in [-0.1, -0.05) is 24.3 Å². The van der Waals surface area contributed by atoms with Gasteiger partial charge in [0.2, 0.25) is 5.78 Å². The van der Waals surface area contributed by atoms with E-state index in [9.17, 15) is 19.7 Å². The van der Waals surface area contributed by atoms with Crippen molar-refractivity contribution in [3.63, 3.8) is 0 Å². The van der Waals surface area contributed by atoms with Gasteiger partial charge in [0.05, 0.1) is 33.8 Å². The molecule has 0 unspecified atom stereocenters. The van der Waals surface area contributed by atoms with Gasteiger partial charge in [0.25, 0.3) is 5.69 Å². The number of ether oxygens (including phenoxy) is 1. The van der Waals surface area contributed by atoms with Gasteiger partial charge in [0, 0.05) is 17.7 Å². The van der Waals surface area contributed by atoms with Crippen LogP contribution in [0.5, 0.6) is 0 Å². The number of hydrogen-bond donors (Lipinski definition) is 0. The SMILES string of the molecule is CCOC(=O)c1cc(C(=O)c2ccc([N+](=O)[O-])cc2)n2c1ccc1ccccc12. The topological polar surface area (TPSA) is 90.9 Å². The maximum atomic E-state index is 13.2. The first-order chi connectivity index (χ1) is 14.0. The van der Waals surface area contributed by atoms with Crippen LogP contribution in [0.4, 0.5) is 5.69 Å². The Morgan fingerprint density at radius 1 is 1.00 bits per heavy atom. The number of aromatic nitrogens is 1. The smallest absolute Gasteiger partial charge is 0.340 e. The molecule has 0 saturated heterocycles. The molecule has 2 heterocycles. The second-order valence-electron chi connectivity index (χ2n) is 6.41. The van der Waals surface area contributed by atoms with Crippen LogP contribution >= 0.6 is 0 Å². The van der Waals surface area contributed by atoms with E-state index in [0.29, 0.717) is 16.6 Å². The largest absolute Gasteiger partial charge is 0.462 e. The van der Waals surface area contributed by atoms with Gasteiger partial charge < -0.3 is 9.14 Å². The molecule has 0 spiro atoms. The first-order valence-electron chi connectivity index (χ1n) is 9.00. The Kier molecular flexibility index (Phi) is 4.56.